The Morgan fingerprint density at radius 2 is 0.907 bits per heavy atom. The fraction of sp³-hybridized carbons (Fsp3) is 0. The van der Waals surface area contributed by atoms with Crippen LogP contribution in [0.15, 0.2) is 162 Å². The lowest BCUT2D eigenvalue weighted by molar-refractivity contribution is 0.670. The molecule has 0 radical (unpaired) electrons. The highest BCUT2D eigenvalue weighted by Crippen LogP contribution is 2.38. The molecule has 0 spiro atoms. The van der Waals surface area contributed by atoms with Crippen LogP contribution >= 0.6 is 0 Å². The summed E-state index contributed by atoms with van der Waals surface area (Å²) in [6.45, 7) is 0. The Morgan fingerprint density at radius 1 is 0.372 bits per heavy atom. The van der Waals surface area contributed by atoms with Crippen molar-refractivity contribution in [3.05, 3.63) is 158 Å². The zero-order valence-corrected chi connectivity index (χ0v) is 23.3. The number of nitrogens with zero attached hydrogens (tertiary/aromatic N) is 2. The van der Waals surface area contributed by atoms with E-state index in [0.29, 0.717) is 5.82 Å². The van der Waals surface area contributed by atoms with Crippen LogP contribution in [-0.4, -0.2) is 9.97 Å². The SMILES string of the molecule is c1ccc(-c2ccc(-c3nc(-c4ccccc4-c4ccccc4)cc(-c4cccc5c4oc4ccccc45)n3)cc2)cc1. The number of benzene rings is 6. The predicted molar refractivity (Wildman–Crippen MR) is 176 cm³/mol. The highest BCUT2D eigenvalue weighted by Gasteiger charge is 2.17. The van der Waals surface area contributed by atoms with Gasteiger partial charge in [-0.15, -0.1) is 0 Å². The molecule has 2 heterocycles. The van der Waals surface area contributed by atoms with E-state index in [1.807, 2.05) is 30.3 Å². The standard InChI is InChI=1S/C40H26N2O/c1-3-12-27(13-4-1)28-22-24-30(25-23-28)40-41-36(32-17-8-7-16-31(32)29-14-5-2-6-15-29)26-37(42-40)35-20-11-19-34-33-18-9-10-21-38(33)43-39(34)35/h1-26H. The fourth-order valence-electron chi connectivity index (χ4n) is 5.82. The van der Waals surface area contributed by atoms with Crippen molar-refractivity contribution < 1.29 is 4.42 Å². The number of hydrogen-bond acceptors (Lipinski definition) is 3. The van der Waals surface area contributed by atoms with E-state index < -0.39 is 0 Å². The smallest absolute Gasteiger partial charge is 0.160 e. The molecule has 0 atom stereocenters. The summed E-state index contributed by atoms with van der Waals surface area (Å²) in [7, 11) is 0. The van der Waals surface area contributed by atoms with Crippen LogP contribution in [0.5, 0.6) is 0 Å². The first-order valence-corrected chi connectivity index (χ1v) is 14.4. The molecule has 0 N–H and O–H groups in total. The molecule has 202 valence electrons. The van der Waals surface area contributed by atoms with Crippen molar-refractivity contribution in [2.45, 2.75) is 0 Å². The minimum Gasteiger partial charge on any atom is -0.455 e. The van der Waals surface area contributed by atoms with Crippen LogP contribution in [0.2, 0.25) is 0 Å². The first-order chi connectivity index (χ1) is 21.3. The van der Waals surface area contributed by atoms with E-state index in [1.54, 1.807) is 0 Å². The lowest BCUT2D eigenvalue weighted by Crippen LogP contribution is -1.97. The van der Waals surface area contributed by atoms with E-state index >= 15 is 0 Å². The number of rotatable bonds is 5. The van der Waals surface area contributed by atoms with Crippen LogP contribution in [0, 0.1) is 0 Å². The topological polar surface area (TPSA) is 38.9 Å². The summed E-state index contributed by atoms with van der Waals surface area (Å²) >= 11 is 0. The molecular weight excluding hydrogens is 524 g/mol. The minimum atomic E-state index is 0.670. The number of hydrogen-bond donors (Lipinski definition) is 0. The van der Waals surface area contributed by atoms with Crippen LogP contribution < -0.4 is 0 Å². The summed E-state index contributed by atoms with van der Waals surface area (Å²) in [6.07, 6.45) is 0. The summed E-state index contributed by atoms with van der Waals surface area (Å²) < 4.78 is 6.43. The van der Waals surface area contributed by atoms with E-state index in [2.05, 4.69) is 127 Å². The predicted octanol–water partition coefficient (Wildman–Crippen LogP) is 10.7. The molecule has 0 saturated carbocycles. The molecule has 0 unspecified atom stereocenters. The van der Waals surface area contributed by atoms with Gasteiger partial charge in [0.05, 0.1) is 11.4 Å². The largest absolute Gasteiger partial charge is 0.455 e. The Morgan fingerprint density at radius 3 is 1.67 bits per heavy atom. The first kappa shape index (κ1) is 25.0. The Balaban J connectivity index is 1.34. The molecular formula is C40H26N2O. The van der Waals surface area contributed by atoms with Crippen molar-refractivity contribution in [2.24, 2.45) is 0 Å². The summed E-state index contributed by atoms with van der Waals surface area (Å²) in [6, 6.07) is 54.3. The first-order valence-electron chi connectivity index (χ1n) is 14.4. The van der Waals surface area contributed by atoms with E-state index in [4.69, 9.17) is 14.4 Å². The number of aromatic nitrogens is 2. The van der Waals surface area contributed by atoms with Gasteiger partial charge < -0.3 is 4.42 Å². The van der Waals surface area contributed by atoms with Gasteiger partial charge in [-0.3, -0.25) is 0 Å². The average Bonchev–Trinajstić information content (AvgIpc) is 3.48. The van der Waals surface area contributed by atoms with Crippen molar-refractivity contribution in [3.63, 3.8) is 0 Å². The third-order valence-corrected chi connectivity index (χ3v) is 7.94. The maximum Gasteiger partial charge on any atom is 0.160 e. The van der Waals surface area contributed by atoms with Gasteiger partial charge in [0.15, 0.2) is 5.82 Å². The van der Waals surface area contributed by atoms with Crippen LogP contribution in [-0.2, 0) is 0 Å². The van der Waals surface area contributed by atoms with Gasteiger partial charge in [0.2, 0.25) is 0 Å². The van der Waals surface area contributed by atoms with Crippen LogP contribution in [0.3, 0.4) is 0 Å². The van der Waals surface area contributed by atoms with Crippen molar-refractivity contribution in [3.8, 4) is 56.2 Å². The number of furan rings is 1. The summed E-state index contributed by atoms with van der Waals surface area (Å²) in [5.74, 6) is 0.670. The number of fused-ring (bicyclic) bond motifs is 3. The van der Waals surface area contributed by atoms with Crippen molar-refractivity contribution in [1.82, 2.24) is 9.97 Å². The molecule has 0 bridgehead atoms. The van der Waals surface area contributed by atoms with Crippen molar-refractivity contribution in [1.29, 1.82) is 0 Å². The quantitative estimate of drug-likeness (QED) is 0.214. The lowest BCUT2D eigenvalue weighted by Gasteiger charge is -2.13. The number of para-hydroxylation sites is 2. The zero-order valence-electron chi connectivity index (χ0n) is 23.3. The minimum absolute atomic E-state index is 0.670. The molecule has 0 aliphatic heterocycles. The maximum absolute atomic E-state index is 6.43. The van der Waals surface area contributed by atoms with Gasteiger partial charge in [0.1, 0.15) is 11.2 Å². The molecule has 0 fully saturated rings. The monoisotopic (exact) mass is 550 g/mol. The summed E-state index contributed by atoms with van der Waals surface area (Å²) in [4.78, 5) is 10.3. The van der Waals surface area contributed by atoms with Gasteiger partial charge in [-0.05, 0) is 40.5 Å². The van der Waals surface area contributed by atoms with Crippen LogP contribution in [0.4, 0.5) is 0 Å². The molecule has 0 saturated heterocycles. The van der Waals surface area contributed by atoms with Crippen molar-refractivity contribution in [2.75, 3.05) is 0 Å². The second kappa shape index (κ2) is 10.6. The van der Waals surface area contributed by atoms with Gasteiger partial charge in [-0.2, -0.15) is 0 Å². The van der Waals surface area contributed by atoms with Crippen molar-refractivity contribution >= 4 is 21.9 Å². The van der Waals surface area contributed by atoms with Crippen LogP contribution in [0.1, 0.15) is 0 Å². The molecule has 0 amide bonds. The fourth-order valence-corrected chi connectivity index (χ4v) is 5.82. The van der Waals surface area contributed by atoms with E-state index in [9.17, 15) is 0 Å². The normalized spacial score (nSPS) is 11.3. The zero-order chi connectivity index (χ0) is 28.6. The van der Waals surface area contributed by atoms with Gasteiger partial charge in [0, 0.05) is 27.5 Å². The average molecular weight is 551 g/mol. The molecule has 0 aliphatic rings. The highest BCUT2D eigenvalue weighted by atomic mass is 16.3. The summed E-state index contributed by atoms with van der Waals surface area (Å²) in [5.41, 5.74) is 10.9. The third kappa shape index (κ3) is 4.58. The van der Waals surface area contributed by atoms with E-state index in [-0.39, 0.29) is 0 Å². The molecule has 8 rings (SSSR count). The van der Waals surface area contributed by atoms with E-state index in [1.165, 1.54) is 5.56 Å². The second-order valence-corrected chi connectivity index (χ2v) is 10.6. The maximum atomic E-state index is 6.43. The molecule has 6 aromatic carbocycles. The highest BCUT2D eigenvalue weighted by molar-refractivity contribution is 6.09. The summed E-state index contributed by atoms with van der Waals surface area (Å²) in [5, 5.41) is 2.17. The third-order valence-electron chi connectivity index (χ3n) is 7.94. The molecule has 8 aromatic rings. The second-order valence-electron chi connectivity index (χ2n) is 10.6. The molecule has 3 heteroatoms. The Bertz CT molecular complexity index is 2220. The van der Waals surface area contributed by atoms with Crippen LogP contribution in [0.25, 0.3) is 78.1 Å². The molecule has 3 nitrogen and oxygen atoms in total. The van der Waals surface area contributed by atoms with Gasteiger partial charge >= 0.3 is 0 Å². The Kier molecular flexibility index (Phi) is 6.12. The Hall–Kier alpha value is -5.80. The van der Waals surface area contributed by atoms with Gasteiger partial charge in [-0.25, -0.2) is 9.97 Å². The van der Waals surface area contributed by atoms with Gasteiger partial charge in [0.25, 0.3) is 0 Å². The Labute approximate surface area is 249 Å². The molecule has 43 heavy (non-hydrogen) atoms. The van der Waals surface area contributed by atoms with Gasteiger partial charge in [-0.1, -0.05) is 140 Å². The lowest BCUT2D eigenvalue weighted by atomic mass is 9.96. The molecule has 0 aliphatic carbocycles. The molecule has 2 aromatic heterocycles. The van der Waals surface area contributed by atoms with E-state index in [0.717, 1.165) is 66.7 Å².